The van der Waals surface area contributed by atoms with Crippen LogP contribution in [0.2, 0.25) is 0 Å². The van der Waals surface area contributed by atoms with Crippen LogP contribution in [0.25, 0.3) is 0 Å². The van der Waals surface area contributed by atoms with Crippen LogP contribution in [0.1, 0.15) is 5.01 Å². The lowest BCUT2D eigenvalue weighted by Gasteiger charge is -2.00. The number of hydrogen-bond acceptors (Lipinski definition) is 4. The minimum absolute atomic E-state index is 0.261. The molecule has 1 rings (SSSR count). The molecule has 3 nitrogen and oxygen atoms in total. The van der Waals surface area contributed by atoms with Gasteiger partial charge in [0.2, 0.25) is 0 Å². The van der Waals surface area contributed by atoms with Gasteiger partial charge in [-0.25, -0.2) is 13.8 Å². The summed E-state index contributed by atoms with van der Waals surface area (Å²) < 4.78 is 27.9. The summed E-state index contributed by atoms with van der Waals surface area (Å²) in [6, 6.07) is 0. The highest BCUT2D eigenvalue weighted by Crippen LogP contribution is 2.11. The summed E-state index contributed by atoms with van der Waals surface area (Å²) in [5.74, 6) is 0.467. The van der Waals surface area contributed by atoms with E-state index in [1.807, 2.05) is 0 Å². The normalized spacial score (nSPS) is 11.0. The molecule has 0 unspecified atom stereocenters. The molecule has 0 saturated carbocycles. The predicted molar refractivity (Wildman–Crippen MR) is 47.1 cm³/mol. The van der Waals surface area contributed by atoms with E-state index in [1.165, 1.54) is 11.3 Å². The van der Waals surface area contributed by atoms with Gasteiger partial charge in [0.25, 0.3) is 6.43 Å². The first-order chi connectivity index (χ1) is 6.18. The zero-order valence-corrected chi connectivity index (χ0v) is 7.69. The van der Waals surface area contributed by atoms with E-state index in [4.69, 9.17) is 5.73 Å². The molecule has 13 heavy (non-hydrogen) atoms. The molecule has 0 saturated heterocycles. The molecule has 2 N–H and O–H groups in total. The zero-order chi connectivity index (χ0) is 9.68. The van der Waals surface area contributed by atoms with Crippen molar-refractivity contribution in [3.63, 3.8) is 0 Å². The summed E-state index contributed by atoms with van der Waals surface area (Å²) in [7, 11) is 0. The third kappa shape index (κ3) is 4.14. The van der Waals surface area contributed by atoms with Crippen LogP contribution in [0.5, 0.6) is 0 Å². The fraction of sp³-hybridized carbons (Fsp3) is 0.571. The molecule has 0 fully saturated rings. The molecule has 0 aliphatic heterocycles. The van der Waals surface area contributed by atoms with Crippen LogP contribution in [0.3, 0.4) is 0 Å². The third-order valence-corrected chi connectivity index (χ3v) is 2.20. The molecule has 0 spiro atoms. The van der Waals surface area contributed by atoms with Crippen molar-refractivity contribution in [3.05, 3.63) is 10.4 Å². The van der Waals surface area contributed by atoms with Crippen LogP contribution < -0.4 is 5.73 Å². The SMILES string of the molecule is Nc1csc(CCOCC(F)F)n1. The summed E-state index contributed by atoms with van der Waals surface area (Å²) in [5.41, 5.74) is 5.37. The Morgan fingerprint density at radius 2 is 2.38 bits per heavy atom. The topological polar surface area (TPSA) is 48.1 Å². The van der Waals surface area contributed by atoms with E-state index < -0.39 is 13.0 Å². The number of hydrogen-bond donors (Lipinski definition) is 1. The van der Waals surface area contributed by atoms with Gasteiger partial charge in [-0.1, -0.05) is 0 Å². The van der Waals surface area contributed by atoms with Crippen LogP contribution in [0.15, 0.2) is 5.38 Å². The van der Waals surface area contributed by atoms with E-state index >= 15 is 0 Å². The molecule has 1 aromatic rings. The first-order valence-corrected chi connectivity index (χ1v) is 4.62. The van der Waals surface area contributed by atoms with E-state index in [0.29, 0.717) is 12.2 Å². The van der Waals surface area contributed by atoms with Gasteiger partial charge in [0, 0.05) is 11.8 Å². The first kappa shape index (κ1) is 10.3. The number of thiazole rings is 1. The van der Waals surface area contributed by atoms with Crippen molar-refractivity contribution in [1.82, 2.24) is 4.98 Å². The fourth-order valence-electron chi connectivity index (χ4n) is 0.772. The van der Waals surface area contributed by atoms with Gasteiger partial charge >= 0.3 is 0 Å². The number of nitrogens with zero attached hydrogens (tertiary/aromatic N) is 1. The second-order valence-corrected chi connectivity index (χ2v) is 3.32. The van der Waals surface area contributed by atoms with E-state index in [-0.39, 0.29) is 6.61 Å². The molecule has 0 radical (unpaired) electrons. The number of aromatic nitrogens is 1. The molecular weight excluding hydrogens is 198 g/mol. The summed E-state index contributed by atoms with van der Waals surface area (Å²) in [6.07, 6.45) is -1.87. The largest absolute Gasteiger partial charge is 0.383 e. The molecule has 0 aromatic carbocycles. The van der Waals surface area contributed by atoms with Crippen LogP contribution >= 0.6 is 11.3 Å². The van der Waals surface area contributed by atoms with Crippen molar-refractivity contribution < 1.29 is 13.5 Å². The Hall–Kier alpha value is -0.750. The van der Waals surface area contributed by atoms with Crippen molar-refractivity contribution in [3.8, 4) is 0 Å². The monoisotopic (exact) mass is 208 g/mol. The van der Waals surface area contributed by atoms with Gasteiger partial charge < -0.3 is 10.5 Å². The van der Waals surface area contributed by atoms with Gasteiger partial charge in [-0.05, 0) is 0 Å². The highest BCUT2D eigenvalue weighted by molar-refractivity contribution is 7.10. The van der Waals surface area contributed by atoms with Gasteiger partial charge in [-0.15, -0.1) is 11.3 Å². The van der Waals surface area contributed by atoms with Gasteiger partial charge in [-0.2, -0.15) is 0 Å². The standard InChI is InChI=1S/C7H10F2N2OS/c8-5(9)3-12-2-1-7-11-6(10)4-13-7/h4-5H,1-3,10H2. The fourth-order valence-corrected chi connectivity index (χ4v) is 1.44. The van der Waals surface area contributed by atoms with Crippen LogP contribution in [-0.4, -0.2) is 24.6 Å². The van der Waals surface area contributed by atoms with Gasteiger partial charge in [0.05, 0.1) is 11.6 Å². The van der Waals surface area contributed by atoms with Crippen LogP contribution in [-0.2, 0) is 11.2 Å². The highest BCUT2D eigenvalue weighted by Gasteiger charge is 2.03. The summed E-state index contributed by atoms with van der Waals surface area (Å²) in [5, 5.41) is 2.52. The molecule has 0 bridgehead atoms. The molecule has 74 valence electrons. The maximum absolute atomic E-state index is 11.6. The number of anilines is 1. The number of ether oxygens (including phenoxy) is 1. The number of rotatable bonds is 5. The van der Waals surface area contributed by atoms with Crippen molar-refractivity contribution in [1.29, 1.82) is 0 Å². The number of nitrogens with two attached hydrogens (primary N) is 1. The van der Waals surface area contributed by atoms with Crippen molar-refractivity contribution >= 4 is 17.2 Å². The molecule has 0 aliphatic rings. The van der Waals surface area contributed by atoms with Gasteiger partial charge in [-0.3, -0.25) is 0 Å². The molecular formula is C7H10F2N2OS. The minimum atomic E-state index is -2.40. The Kier molecular flexibility index (Phi) is 4.04. The van der Waals surface area contributed by atoms with Crippen LogP contribution in [0, 0.1) is 0 Å². The summed E-state index contributed by atoms with van der Waals surface area (Å²) >= 11 is 1.40. The molecule has 6 heteroatoms. The first-order valence-electron chi connectivity index (χ1n) is 3.74. The number of alkyl halides is 2. The Morgan fingerprint density at radius 3 is 2.92 bits per heavy atom. The average Bonchev–Trinajstić information content (AvgIpc) is 2.45. The predicted octanol–water partition coefficient (Wildman–Crippen LogP) is 1.55. The smallest absolute Gasteiger partial charge is 0.261 e. The summed E-state index contributed by atoms with van der Waals surface area (Å²) in [4.78, 5) is 3.96. The number of nitrogen functional groups attached to an aromatic ring is 1. The van der Waals surface area contributed by atoms with Crippen molar-refractivity contribution in [2.45, 2.75) is 12.8 Å². The van der Waals surface area contributed by atoms with Gasteiger partial charge in [0.15, 0.2) is 0 Å². The maximum Gasteiger partial charge on any atom is 0.261 e. The van der Waals surface area contributed by atoms with E-state index in [9.17, 15) is 8.78 Å². The zero-order valence-electron chi connectivity index (χ0n) is 6.87. The lowest BCUT2D eigenvalue weighted by molar-refractivity contribution is 0.0187. The maximum atomic E-state index is 11.6. The van der Waals surface area contributed by atoms with E-state index in [2.05, 4.69) is 9.72 Å². The Morgan fingerprint density at radius 1 is 1.62 bits per heavy atom. The Balaban J connectivity index is 2.13. The minimum Gasteiger partial charge on any atom is -0.383 e. The molecule has 0 aliphatic carbocycles. The molecule has 1 aromatic heterocycles. The van der Waals surface area contributed by atoms with E-state index in [0.717, 1.165) is 5.01 Å². The van der Waals surface area contributed by atoms with Gasteiger partial charge in [0.1, 0.15) is 12.4 Å². The average molecular weight is 208 g/mol. The Bertz CT molecular complexity index is 254. The number of halogens is 2. The van der Waals surface area contributed by atoms with Crippen LogP contribution in [0.4, 0.5) is 14.6 Å². The second kappa shape index (κ2) is 5.08. The molecule has 1 heterocycles. The molecule has 0 atom stereocenters. The quantitative estimate of drug-likeness (QED) is 0.747. The van der Waals surface area contributed by atoms with Crippen molar-refractivity contribution in [2.24, 2.45) is 0 Å². The van der Waals surface area contributed by atoms with E-state index in [1.54, 1.807) is 5.38 Å². The highest BCUT2D eigenvalue weighted by atomic mass is 32.1. The molecule has 0 amide bonds. The lowest BCUT2D eigenvalue weighted by atomic mass is 10.5. The third-order valence-electron chi connectivity index (χ3n) is 1.27. The Labute approximate surface area is 78.5 Å². The lowest BCUT2D eigenvalue weighted by Crippen LogP contribution is -2.06. The summed E-state index contributed by atoms with van der Waals surface area (Å²) in [6.45, 7) is -0.252. The van der Waals surface area contributed by atoms with Crippen molar-refractivity contribution in [2.75, 3.05) is 18.9 Å². The second-order valence-electron chi connectivity index (χ2n) is 2.38.